The third-order valence-electron chi connectivity index (χ3n) is 10.1. The zero-order valence-corrected chi connectivity index (χ0v) is 22.7. The molecule has 10 nitrogen and oxygen atoms in total. The van der Waals surface area contributed by atoms with Crippen LogP contribution in [0.5, 0.6) is 0 Å². The molecule has 1 aromatic carbocycles. The maximum absolute atomic E-state index is 13.4. The molecule has 7 atom stereocenters. The van der Waals surface area contributed by atoms with Crippen LogP contribution in [-0.4, -0.2) is 51.1 Å². The zero-order chi connectivity index (χ0) is 28.9. The molecular weight excluding hydrogens is 518 g/mol. The van der Waals surface area contributed by atoms with Crippen molar-refractivity contribution in [3.63, 3.8) is 0 Å². The van der Waals surface area contributed by atoms with Crippen LogP contribution in [0.2, 0.25) is 0 Å². The SMILES string of the molecule is C[C@]12C=CC(=O)CC1=CC[C@@H]1[C@@H]2[C@@H](O)C[C@@]2(C)[C@H]1CC[C@]2(O)C(=O)COC(=O)Cc1ccc(CO[N+](=O)[O-])cc1. The summed E-state index contributed by atoms with van der Waals surface area (Å²) >= 11 is 0. The predicted octanol–water partition coefficient (Wildman–Crippen LogP) is 3.06. The van der Waals surface area contributed by atoms with Crippen LogP contribution in [0.15, 0.2) is 48.1 Å². The largest absolute Gasteiger partial charge is 0.457 e. The Morgan fingerprint density at radius 1 is 1.18 bits per heavy atom. The van der Waals surface area contributed by atoms with Crippen molar-refractivity contribution in [3.8, 4) is 0 Å². The van der Waals surface area contributed by atoms with Gasteiger partial charge in [-0.05, 0) is 54.7 Å². The van der Waals surface area contributed by atoms with Crippen molar-refractivity contribution in [3.05, 3.63) is 69.3 Å². The molecule has 0 heterocycles. The van der Waals surface area contributed by atoms with E-state index in [0.29, 0.717) is 30.4 Å². The maximum Gasteiger partial charge on any atom is 0.310 e. The Bertz CT molecular complexity index is 1290. The van der Waals surface area contributed by atoms with Crippen molar-refractivity contribution < 1.29 is 39.3 Å². The monoisotopic (exact) mass is 553 g/mol. The van der Waals surface area contributed by atoms with E-state index in [1.165, 1.54) is 0 Å². The van der Waals surface area contributed by atoms with Crippen LogP contribution in [0, 0.1) is 38.7 Å². The van der Waals surface area contributed by atoms with Gasteiger partial charge in [0.1, 0.15) is 12.2 Å². The Labute approximate surface area is 232 Å². The van der Waals surface area contributed by atoms with Gasteiger partial charge >= 0.3 is 5.97 Å². The summed E-state index contributed by atoms with van der Waals surface area (Å²) in [4.78, 5) is 52.6. The average Bonchev–Trinajstić information content (AvgIpc) is 3.18. The summed E-state index contributed by atoms with van der Waals surface area (Å²) in [7, 11) is 0. The van der Waals surface area contributed by atoms with Crippen molar-refractivity contribution in [2.45, 2.75) is 70.7 Å². The second-order valence-electron chi connectivity index (χ2n) is 12.2. The van der Waals surface area contributed by atoms with Crippen LogP contribution >= 0.6 is 0 Å². The number of nitrogens with zero attached hydrogens (tertiary/aromatic N) is 1. The number of Topliss-reactive ketones (excluding diaryl/α,β-unsaturated/α-hetero) is 1. The number of carbonyl (C=O) groups is 3. The number of esters is 1. The van der Waals surface area contributed by atoms with Crippen molar-refractivity contribution in [2.75, 3.05) is 6.61 Å². The molecule has 0 bridgehead atoms. The van der Waals surface area contributed by atoms with Crippen LogP contribution < -0.4 is 0 Å². The molecule has 0 amide bonds. The van der Waals surface area contributed by atoms with Gasteiger partial charge in [-0.1, -0.05) is 55.8 Å². The van der Waals surface area contributed by atoms with Gasteiger partial charge in [0.15, 0.2) is 12.4 Å². The highest BCUT2D eigenvalue weighted by Crippen LogP contribution is 2.66. The smallest absolute Gasteiger partial charge is 0.310 e. The van der Waals surface area contributed by atoms with E-state index in [2.05, 4.69) is 17.8 Å². The number of hydrogen-bond donors (Lipinski definition) is 2. The molecule has 0 aromatic heterocycles. The topological polar surface area (TPSA) is 153 Å². The summed E-state index contributed by atoms with van der Waals surface area (Å²) in [5, 5.41) is 32.7. The number of ketones is 2. The first-order valence-corrected chi connectivity index (χ1v) is 13.7. The summed E-state index contributed by atoms with van der Waals surface area (Å²) in [6.45, 7) is 3.18. The lowest BCUT2D eigenvalue weighted by Gasteiger charge is -2.58. The minimum Gasteiger partial charge on any atom is -0.457 e. The van der Waals surface area contributed by atoms with Gasteiger partial charge in [-0.3, -0.25) is 14.4 Å². The first-order chi connectivity index (χ1) is 18.9. The second kappa shape index (κ2) is 10.2. The third-order valence-corrected chi connectivity index (χ3v) is 10.1. The fourth-order valence-corrected chi connectivity index (χ4v) is 8.06. The Kier molecular flexibility index (Phi) is 7.20. The van der Waals surface area contributed by atoms with E-state index in [4.69, 9.17) is 4.74 Å². The lowest BCUT2D eigenvalue weighted by Crippen LogP contribution is -2.61. The van der Waals surface area contributed by atoms with Crippen LogP contribution in [0.3, 0.4) is 0 Å². The number of aliphatic hydroxyl groups is 2. The minimum absolute atomic E-state index is 0.0102. The Morgan fingerprint density at radius 3 is 2.58 bits per heavy atom. The lowest BCUT2D eigenvalue weighted by atomic mass is 9.47. The number of allylic oxidation sites excluding steroid dienone is 4. The fraction of sp³-hybridized carbons (Fsp3) is 0.567. The van der Waals surface area contributed by atoms with Crippen LogP contribution in [0.1, 0.15) is 57.1 Å². The van der Waals surface area contributed by atoms with E-state index in [1.807, 2.05) is 13.0 Å². The van der Waals surface area contributed by atoms with Crippen LogP contribution in [0.25, 0.3) is 0 Å². The normalized spacial score (nSPS) is 36.1. The van der Waals surface area contributed by atoms with Crippen molar-refractivity contribution >= 4 is 17.5 Å². The molecule has 2 N–H and O–H groups in total. The number of fused-ring (bicyclic) bond motifs is 5. The van der Waals surface area contributed by atoms with E-state index in [1.54, 1.807) is 30.3 Å². The number of carbonyl (C=O) groups excluding carboxylic acids is 3. The summed E-state index contributed by atoms with van der Waals surface area (Å²) in [6, 6.07) is 6.46. The lowest BCUT2D eigenvalue weighted by molar-refractivity contribution is -0.763. The Balaban J connectivity index is 1.24. The summed E-state index contributed by atoms with van der Waals surface area (Å²) in [5.74, 6) is -1.21. The predicted molar refractivity (Wildman–Crippen MR) is 141 cm³/mol. The van der Waals surface area contributed by atoms with Gasteiger partial charge in [0.25, 0.3) is 5.09 Å². The molecular formula is C30H35NO9. The van der Waals surface area contributed by atoms with Crippen molar-refractivity contribution in [1.82, 2.24) is 0 Å². The Morgan fingerprint density at radius 2 is 1.88 bits per heavy atom. The molecule has 4 aliphatic carbocycles. The highest BCUT2D eigenvalue weighted by molar-refractivity contribution is 5.93. The Hall–Kier alpha value is -3.37. The van der Waals surface area contributed by atoms with E-state index in [-0.39, 0.29) is 49.4 Å². The molecule has 2 fully saturated rings. The zero-order valence-electron chi connectivity index (χ0n) is 22.7. The van der Waals surface area contributed by atoms with Gasteiger partial charge in [0.2, 0.25) is 5.78 Å². The van der Waals surface area contributed by atoms with E-state index in [0.717, 1.165) is 5.57 Å². The number of hydrogen-bond acceptors (Lipinski definition) is 9. The molecule has 0 radical (unpaired) electrons. The van der Waals surface area contributed by atoms with Crippen LogP contribution in [0.4, 0.5) is 0 Å². The van der Waals surface area contributed by atoms with Gasteiger partial charge in [-0.25, -0.2) is 0 Å². The number of ether oxygens (including phenoxy) is 1. The van der Waals surface area contributed by atoms with Crippen molar-refractivity contribution in [1.29, 1.82) is 0 Å². The standard InChI is InChI=1S/C30H35NO9/c1-28-11-9-21(32)14-20(28)7-8-22-23-10-12-30(36,29(23,2)15-24(33)27(22)28)25(34)17-39-26(35)13-18-3-5-19(6-4-18)16-40-31(37)38/h3-7,9,11,22-24,27,33,36H,8,10,12-17H2,1-2H3/t22-,23-,24-,27+,28-,29-,30-/m0/s1. The average molecular weight is 554 g/mol. The number of aliphatic hydroxyl groups excluding tert-OH is 1. The van der Waals surface area contributed by atoms with E-state index >= 15 is 0 Å². The molecule has 4 aliphatic rings. The molecule has 0 aliphatic heterocycles. The minimum atomic E-state index is -1.73. The number of rotatable bonds is 8. The highest BCUT2D eigenvalue weighted by Gasteiger charge is 2.67. The molecule has 5 rings (SSSR count). The van der Waals surface area contributed by atoms with E-state index < -0.39 is 46.0 Å². The molecule has 214 valence electrons. The highest BCUT2D eigenvalue weighted by atomic mass is 16.9. The van der Waals surface area contributed by atoms with E-state index in [9.17, 15) is 34.7 Å². The second-order valence-corrected chi connectivity index (χ2v) is 12.2. The van der Waals surface area contributed by atoms with Gasteiger partial charge in [-0.2, -0.15) is 0 Å². The van der Waals surface area contributed by atoms with Gasteiger partial charge in [0.05, 0.1) is 12.5 Å². The van der Waals surface area contributed by atoms with Crippen molar-refractivity contribution in [2.24, 2.45) is 28.6 Å². The quantitative estimate of drug-likeness (QED) is 0.214. The third kappa shape index (κ3) is 4.66. The van der Waals surface area contributed by atoms with Crippen LogP contribution in [-0.2, 0) is 37.0 Å². The molecule has 1 aromatic rings. The maximum atomic E-state index is 13.4. The molecule has 0 unspecified atom stereocenters. The molecule has 40 heavy (non-hydrogen) atoms. The number of benzene rings is 1. The fourth-order valence-electron chi connectivity index (χ4n) is 8.06. The van der Waals surface area contributed by atoms with Gasteiger partial charge in [-0.15, -0.1) is 10.1 Å². The first-order valence-electron chi connectivity index (χ1n) is 13.7. The van der Waals surface area contributed by atoms with Gasteiger partial charge in [0, 0.05) is 23.2 Å². The molecule has 10 heteroatoms. The molecule has 0 spiro atoms. The first kappa shape index (κ1) is 28.2. The summed E-state index contributed by atoms with van der Waals surface area (Å²) < 4.78 is 5.27. The molecule has 2 saturated carbocycles. The summed E-state index contributed by atoms with van der Waals surface area (Å²) in [6.07, 6.45) is 6.92. The summed E-state index contributed by atoms with van der Waals surface area (Å²) in [5.41, 5.74) is -0.832. The van der Waals surface area contributed by atoms with Gasteiger partial charge < -0.3 is 19.8 Å². The molecule has 0 saturated heterocycles.